The lowest BCUT2D eigenvalue weighted by Gasteiger charge is -2.27. The fourth-order valence-electron chi connectivity index (χ4n) is 2.25. The summed E-state index contributed by atoms with van der Waals surface area (Å²) in [4.78, 5) is 2.94. The van der Waals surface area contributed by atoms with Crippen LogP contribution in [0.25, 0.3) is 6.08 Å². The van der Waals surface area contributed by atoms with Gasteiger partial charge in [0.05, 0.1) is 34.5 Å². The van der Waals surface area contributed by atoms with Crippen LogP contribution in [0.3, 0.4) is 0 Å². The molecule has 1 heterocycles. The van der Waals surface area contributed by atoms with Gasteiger partial charge in [-0.2, -0.15) is 0 Å². The summed E-state index contributed by atoms with van der Waals surface area (Å²) in [6, 6.07) is 3.78. The minimum atomic E-state index is 0.581. The highest BCUT2D eigenvalue weighted by Crippen LogP contribution is 2.38. The molecule has 2 rings (SSSR count). The zero-order valence-corrected chi connectivity index (χ0v) is 13.9. The molecule has 0 unspecified atom stereocenters. The van der Waals surface area contributed by atoms with Gasteiger partial charge in [0.15, 0.2) is 11.5 Å². The predicted molar refractivity (Wildman–Crippen MR) is 90.1 cm³/mol. The van der Waals surface area contributed by atoms with Gasteiger partial charge in [-0.1, -0.05) is 18.3 Å². The molecular formula is C16H21NO4S. The van der Waals surface area contributed by atoms with E-state index in [1.807, 2.05) is 24.3 Å². The fourth-order valence-corrected chi connectivity index (χ4v) is 2.50. The van der Waals surface area contributed by atoms with Crippen molar-refractivity contribution >= 4 is 23.3 Å². The van der Waals surface area contributed by atoms with Crippen LogP contribution >= 0.6 is 12.2 Å². The first-order valence-corrected chi connectivity index (χ1v) is 7.45. The Kier molecular flexibility index (Phi) is 6.03. The zero-order chi connectivity index (χ0) is 15.9. The third kappa shape index (κ3) is 3.90. The number of hydrogen-bond donors (Lipinski definition) is 0. The van der Waals surface area contributed by atoms with E-state index in [1.165, 1.54) is 0 Å². The number of morpholine rings is 1. The number of ether oxygens (including phenoxy) is 4. The quantitative estimate of drug-likeness (QED) is 0.612. The Morgan fingerprint density at radius 2 is 1.68 bits per heavy atom. The van der Waals surface area contributed by atoms with Crippen LogP contribution in [-0.4, -0.2) is 57.5 Å². The van der Waals surface area contributed by atoms with E-state index in [9.17, 15) is 0 Å². The number of methoxy groups -OCH3 is 3. The first-order chi connectivity index (χ1) is 10.7. The van der Waals surface area contributed by atoms with Gasteiger partial charge in [0.25, 0.3) is 0 Å². The van der Waals surface area contributed by atoms with Gasteiger partial charge in [0, 0.05) is 13.1 Å². The van der Waals surface area contributed by atoms with Gasteiger partial charge in [-0.15, -0.1) is 0 Å². The van der Waals surface area contributed by atoms with Crippen LogP contribution in [0, 0.1) is 0 Å². The molecule has 120 valence electrons. The summed E-state index contributed by atoms with van der Waals surface area (Å²) in [5.74, 6) is 1.83. The molecule has 0 spiro atoms. The van der Waals surface area contributed by atoms with Crippen LogP contribution in [-0.2, 0) is 4.74 Å². The summed E-state index contributed by atoms with van der Waals surface area (Å²) in [6.07, 6.45) is 3.86. The molecule has 1 fully saturated rings. The van der Waals surface area contributed by atoms with Crippen molar-refractivity contribution in [3.8, 4) is 17.2 Å². The molecule has 1 aliphatic heterocycles. The Labute approximate surface area is 136 Å². The lowest BCUT2D eigenvalue weighted by molar-refractivity contribution is 0.0694. The smallest absolute Gasteiger partial charge is 0.203 e. The molecule has 22 heavy (non-hydrogen) atoms. The topological polar surface area (TPSA) is 40.2 Å². The third-order valence-electron chi connectivity index (χ3n) is 3.43. The molecule has 0 aliphatic carbocycles. The Balaban J connectivity index is 2.17. The summed E-state index contributed by atoms with van der Waals surface area (Å²) < 4.78 is 21.3. The van der Waals surface area contributed by atoms with Crippen LogP contribution < -0.4 is 14.2 Å². The standard InChI is InChI=1S/C16H21NO4S/c1-18-13-10-12(11-14(19-2)16(13)20-3)4-5-15(22)17-6-8-21-9-7-17/h4-5,10-11H,6-9H2,1-3H3/b5-4+. The molecule has 1 saturated heterocycles. The van der Waals surface area contributed by atoms with E-state index in [-0.39, 0.29) is 0 Å². The monoisotopic (exact) mass is 323 g/mol. The molecule has 0 N–H and O–H groups in total. The molecule has 5 nitrogen and oxygen atoms in total. The highest BCUT2D eigenvalue weighted by Gasteiger charge is 2.13. The van der Waals surface area contributed by atoms with Crippen molar-refractivity contribution in [2.75, 3.05) is 47.6 Å². The fraction of sp³-hybridized carbons (Fsp3) is 0.438. The van der Waals surface area contributed by atoms with E-state index in [4.69, 9.17) is 31.2 Å². The minimum absolute atomic E-state index is 0.581. The number of benzene rings is 1. The normalized spacial score (nSPS) is 15.0. The van der Waals surface area contributed by atoms with E-state index < -0.39 is 0 Å². The first-order valence-electron chi connectivity index (χ1n) is 7.04. The molecule has 6 heteroatoms. The van der Waals surface area contributed by atoms with Crippen molar-refractivity contribution in [1.82, 2.24) is 4.90 Å². The van der Waals surface area contributed by atoms with Gasteiger partial charge in [-0.3, -0.25) is 0 Å². The van der Waals surface area contributed by atoms with Crippen molar-refractivity contribution < 1.29 is 18.9 Å². The molecule has 0 radical (unpaired) electrons. The number of hydrogen-bond acceptors (Lipinski definition) is 5. The lowest BCUT2D eigenvalue weighted by atomic mass is 10.1. The van der Waals surface area contributed by atoms with Gasteiger partial charge >= 0.3 is 0 Å². The van der Waals surface area contributed by atoms with Gasteiger partial charge in [0.2, 0.25) is 5.75 Å². The number of nitrogens with zero attached hydrogens (tertiary/aromatic N) is 1. The Morgan fingerprint density at radius 3 is 2.18 bits per heavy atom. The number of thiocarbonyl (C=S) groups is 1. The Hall–Kier alpha value is -1.79. The minimum Gasteiger partial charge on any atom is -0.493 e. The molecule has 0 amide bonds. The molecule has 0 saturated carbocycles. The maximum Gasteiger partial charge on any atom is 0.203 e. The highest BCUT2D eigenvalue weighted by atomic mass is 32.1. The van der Waals surface area contributed by atoms with E-state index in [0.29, 0.717) is 17.2 Å². The van der Waals surface area contributed by atoms with Crippen LogP contribution in [0.1, 0.15) is 5.56 Å². The van der Waals surface area contributed by atoms with Crippen LogP contribution in [0.2, 0.25) is 0 Å². The van der Waals surface area contributed by atoms with Crippen LogP contribution in [0.15, 0.2) is 18.2 Å². The van der Waals surface area contributed by atoms with Crippen LogP contribution in [0.4, 0.5) is 0 Å². The van der Waals surface area contributed by atoms with E-state index in [2.05, 4.69) is 4.90 Å². The van der Waals surface area contributed by atoms with Gasteiger partial charge in [-0.25, -0.2) is 0 Å². The molecule has 0 bridgehead atoms. The van der Waals surface area contributed by atoms with Crippen molar-refractivity contribution in [2.24, 2.45) is 0 Å². The molecule has 1 aromatic carbocycles. The van der Waals surface area contributed by atoms with E-state index in [0.717, 1.165) is 36.9 Å². The molecule has 1 aromatic rings. The molecular weight excluding hydrogens is 302 g/mol. The molecule has 0 aromatic heterocycles. The predicted octanol–water partition coefficient (Wildman–Crippen LogP) is 2.39. The zero-order valence-electron chi connectivity index (χ0n) is 13.1. The van der Waals surface area contributed by atoms with Gasteiger partial charge in [-0.05, 0) is 23.8 Å². The van der Waals surface area contributed by atoms with E-state index in [1.54, 1.807) is 21.3 Å². The summed E-state index contributed by atoms with van der Waals surface area (Å²) in [5, 5.41) is 0. The summed E-state index contributed by atoms with van der Waals surface area (Å²) in [7, 11) is 4.79. The lowest BCUT2D eigenvalue weighted by Crippen LogP contribution is -2.38. The second-order valence-electron chi connectivity index (χ2n) is 4.73. The second-order valence-corrected chi connectivity index (χ2v) is 5.15. The second kappa shape index (κ2) is 8.00. The van der Waals surface area contributed by atoms with E-state index >= 15 is 0 Å². The highest BCUT2D eigenvalue weighted by molar-refractivity contribution is 7.80. The van der Waals surface area contributed by atoms with Crippen molar-refractivity contribution in [2.45, 2.75) is 0 Å². The number of rotatable bonds is 5. The van der Waals surface area contributed by atoms with Crippen molar-refractivity contribution in [1.29, 1.82) is 0 Å². The van der Waals surface area contributed by atoms with Gasteiger partial charge in [0.1, 0.15) is 4.99 Å². The third-order valence-corrected chi connectivity index (χ3v) is 3.82. The molecule has 1 aliphatic rings. The largest absolute Gasteiger partial charge is 0.493 e. The van der Waals surface area contributed by atoms with Crippen molar-refractivity contribution in [3.05, 3.63) is 23.8 Å². The Morgan fingerprint density at radius 1 is 1.09 bits per heavy atom. The first kappa shape index (κ1) is 16.6. The maximum absolute atomic E-state index is 5.44. The summed E-state index contributed by atoms with van der Waals surface area (Å²) >= 11 is 5.44. The van der Waals surface area contributed by atoms with Crippen molar-refractivity contribution in [3.63, 3.8) is 0 Å². The Bertz CT molecular complexity index is 528. The SMILES string of the molecule is COc1cc(/C=C/C(=S)N2CCOCC2)cc(OC)c1OC. The summed E-state index contributed by atoms with van der Waals surface area (Å²) in [6.45, 7) is 3.10. The van der Waals surface area contributed by atoms with Crippen LogP contribution in [0.5, 0.6) is 17.2 Å². The maximum atomic E-state index is 5.44. The molecule has 0 atom stereocenters. The summed E-state index contributed by atoms with van der Waals surface area (Å²) in [5.41, 5.74) is 0.935. The van der Waals surface area contributed by atoms with Gasteiger partial charge < -0.3 is 23.8 Å². The average molecular weight is 323 g/mol. The average Bonchev–Trinajstić information content (AvgIpc) is 2.59.